The van der Waals surface area contributed by atoms with Crippen LogP contribution in [0.15, 0.2) is 11.6 Å². The van der Waals surface area contributed by atoms with Gasteiger partial charge in [-0.15, -0.1) is 6.42 Å². The number of terminal acetylenes is 1. The zero-order chi connectivity index (χ0) is 18.0. The number of Topliss-reactive ketones (excluding diaryl/α,β-unsaturated/α-hetero) is 1. The first-order valence-electron chi connectivity index (χ1n) is 10.1. The van der Waals surface area contributed by atoms with Crippen molar-refractivity contribution >= 4 is 5.78 Å². The van der Waals surface area contributed by atoms with E-state index >= 15 is 0 Å². The molecule has 0 aromatic rings. The van der Waals surface area contributed by atoms with Crippen molar-refractivity contribution in [1.82, 2.24) is 0 Å². The summed E-state index contributed by atoms with van der Waals surface area (Å²) in [6.45, 7) is 6.47. The Balaban J connectivity index is 1.71. The van der Waals surface area contributed by atoms with Crippen LogP contribution in [0.3, 0.4) is 0 Å². The molecule has 7 atom stereocenters. The fourth-order valence-corrected chi connectivity index (χ4v) is 7.60. The SMILES string of the molecule is C#C[C@]1(C(C)=O)CCC2C3CC=C4CC(O)CCC4(C)C3CC[C@@]21C. The minimum absolute atomic E-state index is 0.0371. The standard InChI is InChI=1S/C23H32O2/c1-5-23(15(2)24)13-10-20-18-7-6-16-14-17(25)8-11-21(16,3)19(18)9-12-22(20,23)4/h1,6,17-20,25H,7-14H2,2-4H3/t17?,18?,19?,20?,21?,22-,23+/m0/s1. The Kier molecular flexibility index (Phi) is 3.79. The molecule has 0 spiro atoms. The Morgan fingerprint density at radius 2 is 1.92 bits per heavy atom. The molecule has 0 aromatic carbocycles. The molecule has 4 aliphatic carbocycles. The van der Waals surface area contributed by atoms with E-state index in [1.54, 1.807) is 6.92 Å². The van der Waals surface area contributed by atoms with Gasteiger partial charge in [0.1, 0.15) is 5.78 Å². The summed E-state index contributed by atoms with van der Waals surface area (Å²) in [6, 6.07) is 0. The maximum absolute atomic E-state index is 12.6. The van der Waals surface area contributed by atoms with Crippen LogP contribution in [0, 0.1) is 46.3 Å². The number of hydrogen-bond acceptors (Lipinski definition) is 2. The minimum atomic E-state index is -0.545. The summed E-state index contributed by atoms with van der Waals surface area (Å²) in [5.74, 6) is 5.10. The number of allylic oxidation sites excluding steroid dienone is 1. The van der Waals surface area contributed by atoms with Gasteiger partial charge in [0.2, 0.25) is 0 Å². The number of rotatable bonds is 1. The molecule has 0 saturated heterocycles. The normalized spacial score (nSPS) is 51.6. The van der Waals surface area contributed by atoms with E-state index in [2.05, 4.69) is 25.8 Å². The average Bonchev–Trinajstić information content (AvgIpc) is 2.89. The third-order valence-corrected chi connectivity index (χ3v) is 9.12. The minimum Gasteiger partial charge on any atom is -0.393 e. The zero-order valence-electron chi connectivity index (χ0n) is 16.0. The van der Waals surface area contributed by atoms with Gasteiger partial charge >= 0.3 is 0 Å². The van der Waals surface area contributed by atoms with Gasteiger partial charge in [0.05, 0.1) is 11.5 Å². The summed E-state index contributed by atoms with van der Waals surface area (Å²) in [5, 5.41) is 10.1. The quantitative estimate of drug-likeness (QED) is 0.563. The molecular weight excluding hydrogens is 308 g/mol. The van der Waals surface area contributed by atoms with E-state index in [-0.39, 0.29) is 22.7 Å². The summed E-state index contributed by atoms with van der Waals surface area (Å²) in [4.78, 5) is 12.6. The van der Waals surface area contributed by atoms with E-state index in [4.69, 9.17) is 6.42 Å². The van der Waals surface area contributed by atoms with E-state index in [1.165, 1.54) is 12.0 Å². The molecule has 136 valence electrons. The van der Waals surface area contributed by atoms with Crippen LogP contribution in [0.25, 0.3) is 0 Å². The molecule has 0 aliphatic heterocycles. The van der Waals surface area contributed by atoms with Crippen LogP contribution in [0.1, 0.15) is 72.1 Å². The number of hydrogen-bond donors (Lipinski definition) is 1. The number of aliphatic hydroxyl groups excluding tert-OH is 1. The Labute approximate surface area is 152 Å². The van der Waals surface area contributed by atoms with E-state index < -0.39 is 5.41 Å². The predicted octanol–water partition coefficient (Wildman–Crippen LogP) is 4.52. The van der Waals surface area contributed by atoms with Crippen LogP contribution in [-0.4, -0.2) is 17.0 Å². The van der Waals surface area contributed by atoms with Crippen molar-refractivity contribution in [3.05, 3.63) is 11.6 Å². The summed E-state index contributed by atoms with van der Waals surface area (Å²) >= 11 is 0. The largest absolute Gasteiger partial charge is 0.393 e. The van der Waals surface area contributed by atoms with Gasteiger partial charge in [-0.25, -0.2) is 0 Å². The molecule has 3 fully saturated rings. The molecular formula is C23H32O2. The summed E-state index contributed by atoms with van der Waals surface area (Å²) in [6.07, 6.45) is 16.5. The van der Waals surface area contributed by atoms with E-state index in [1.807, 2.05) is 0 Å². The number of fused-ring (bicyclic) bond motifs is 5. The van der Waals surface area contributed by atoms with E-state index in [0.717, 1.165) is 44.9 Å². The van der Waals surface area contributed by atoms with Gasteiger partial charge in [0.15, 0.2) is 0 Å². The highest BCUT2D eigenvalue weighted by atomic mass is 16.3. The molecule has 2 nitrogen and oxygen atoms in total. The molecule has 1 N–H and O–H groups in total. The van der Waals surface area contributed by atoms with Crippen molar-refractivity contribution in [1.29, 1.82) is 0 Å². The first-order chi connectivity index (χ1) is 11.8. The molecule has 0 heterocycles. The van der Waals surface area contributed by atoms with Gasteiger partial charge in [-0.2, -0.15) is 0 Å². The molecule has 25 heavy (non-hydrogen) atoms. The molecule has 0 radical (unpaired) electrons. The highest BCUT2D eigenvalue weighted by Crippen LogP contribution is 2.69. The highest BCUT2D eigenvalue weighted by Gasteiger charge is 2.65. The topological polar surface area (TPSA) is 37.3 Å². The maximum Gasteiger partial charge on any atom is 0.148 e. The number of carbonyl (C=O) groups is 1. The third kappa shape index (κ3) is 2.05. The van der Waals surface area contributed by atoms with Crippen LogP contribution in [-0.2, 0) is 4.79 Å². The third-order valence-electron chi connectivity index (χ3n) is 9.12. The molecule has 4 rings (SSSR count). The molecule has 4 aliphatic rings. The Hall–Kier alpha value is -1.07. The summed E-state index contributed by atoms with van der Waals surface area (Å²) < 4.78 is 0. The van der Waals surface area contributed by atoms with Crippen LogP contribution in [0.5, 0.6) is 0 Å². The van der Waals surface area contributed by atoms with Crippen molar-refractivity contribution < 1.29 is 9.90 Å². The van der Waals surface area contributed by atoms with Crippen molar-refractivity contribution in [2.45, 2.75) is 78.2 Å². The lowest BCUT2D eigenvalue weighted by Gasteiger charge is -2.58. The van der Waals surface area contributed by atoms with E-state index in [9.17, 15) is 9.90 Å². The molecule has 0 amide bonds. The Bertz CT molecular complexity index is 670. The summed E-state index contributed by atoms with van der Waals surface area (Å²) in [5.41, 5.74) is 1.17. The van der Waals surface area contributed by atoms with Gasteiger partial charge in [-0.1, -0.05) is 31.4 Å². The van der Waals surface area contributed by atoms with Crippen LogP contribution >= 0.6 is 0 Å². The van der Waals surface area contributed by atoms with Crippen molar-refractivity contribution in [3.63, 3.8) is 0 Å². The van der Waals surface area contributed by atoms with Crippen LogP contribution in [0.2, 0.25) is 0 Å². The molecule has 5 unspecified atom stereocenters. The second-order valence-electron chi connectivity index (χ2n) is 9.76. The van der Waals surface area contributed by atoms with Crippen molar-refractivity contribution in [3.8, 4) is 12.3 Å². The summed E-state index contributed by atoms with van der Waals surface area (Å²) in [7, 11) is 0. The van der Waals surface area contributed by atoms with Gasteiger partial charge < -0.3 is 5.11 Å². The van der Waals surface area contributed by atoms with E-state index in [0.29, 0.717) is 17.8 Å². The number of carbonyl (C=O) groups excluding carboxylic acids is 1. The van der Waals surface area contributed by atoms with Gasteiger partial charge in [0, 0.05) is 0 Å². The van der Waals surface area contributed by atoms with Crippen molar-refractivity contribution in [2.75, 3.05) is 0 Å². The van der Waals surface area contributed by atoms with Gasteiger partial charge in [-0.3, -0.25) is 4.79 Å². The second kappa shape index (κ2) is 5.46. The number of ketones is 1. The maximum atomic E-state index is 12.6. The Morgan fingerprint density at radius 3 is 2.60 bits per heavy atom. The van der Waals surface area contributed by atoms with Gasteiger partial charge in [0.25, 0.3) is 0 Å². The lowest BCUT2D eigenvalue weighted by atomic mass is 9.45. The monoisotopic (exact) mass is 340 g/mol. The highest BCUT2D eigenvalue weighted by molar-refractivity contribution is 5.87. The second-order valence-corrected chi connectivity index (χ2v) is 9.76. The smallest absolute Gasteiger partial charge is 0.148 e. The molecule has 0 aromatic heterocycles. The molecule has 0 bridgehead atoms. The first-order valence-corrected chi connectivity index (χ1v) is 10.1. The Morgan fingerprint density at radius 1 is 1.20 bits per heavy atom. The molecule has 3 saturated carbocycles. The first kappa shape index (κ1) is 17.3. The van der Waals surface area contributed by atoms with Gasteiger partial charge in [-0.05, 0) is 86.9 Å². The average molecular weight is 341 g/mol. The lowest BCUT2D eigenvalue weighted by Crippen LogP contribution is -2.53. The van der Waals surface area contributed by atoms with Crippen molar-refractivity contribution in [2.24, 2.45) is 34.0 Å². The fraction of sp³-hybridized carbons (Fsp3) is 0.783. The van der Waals surface area contributed by atoms with Crippen LogP contribution in [0.4, 0.5) is 0 Å². The molecule has 2 heteroatoms. The number of aliphatic hydroxyl groups is 1. The van der Waals surface area contributed by atoms with Crippen LogP contribution < -0.4 is 0 Å². The zero-order valence-corrected chi connectivity index (χ0v) is 16.0. The predicted molar refractivity (Wildman–Crippen MR) is 99.7 cm³/mol. The lowest BCUT2D eigenvalue weighted by molar-refractivity contribution is -0.133. The fourth-order valence-electron chi connectivity index (χ4n) is 7.60.